The van der Waals surface area contributed by atoms with Crippen LogP contribution in [0.1, 0.15) is 31.1 Å². The minimum Gasteiger partial charge on any atom is -0.490 e. The van der Waals surface area contributed by atoms with E-state index in [2.05, 4.69) is 15.2 Å². The molecule has 2 aromatic rings. The number of rotatable bonds is 4. The fraction of sp³-hybridized carbons (Fsp3) is 0.421. The predicted octanol–water partition coefficient (Wildman–Crippen LogP) is 1.81. The number of carbonyl (C=O) groups excluding carboxylic acids is 2. The molecule has 8 heteroatoms. The number of carbonyl (C=O) groups is 2. The third-order valence-corrected chi connectivity index (χ3v) is 5.05. The van der Waals surface area contributed by atoms with Crippen molar-refractivity contribution in [2.75, 3.05) is 11.4 Å². The van der Waals surface area contributed by atoms with Crippen LogP contribution in [0.15, 0.2) is 24.4 Å². The highest BCUT2D eigenvalue weighted by Crippen LogP contribution is 2.36. The lowest BCUT2D eigenvalue weighted by Crippen LogP contribution is -2.35. The monoisotopic (exact) mass is 370 g/mol. The zero-order chi connectivity index (χ0) is 19.3. The molecule has 8 nitrogen and oxygen atoms in total. The SMILES string of the molecule is CC(C)Oc1cc2c(N3C[C@H]4NC(=O)O[C@H]4[C@H]3C)nccc2cc1C(N)=O. The van der Waals surface area contributed by atoms with E-state index in [9.17, 15) is 9.59 Å². The lowest BCUT2D eigenvalue weighted by Gasteiger charge is -2.26. The average Bonchev–Trinajstić information content (AvgIpc) is 3.10. The summed E-state index contributed by atoms with van der Waals surface area (Å²) in [5.74, 6) is 0.666. The Labute approximate surface area is 156 Å². The van der Waals surface area contributed by atoms with Gasteiger partial charge in [-0.3, -0.25) is 4.79 Å². The van der Waals surface area contributed by atoms with Crippen molar-refractivity contribution < 1.29 is 19.1 Å². The van der Waals surface area contributed by atoms with Crippen LogP contribution in [-0.4, -0.2) is 47.8 Å². The number of benzene rings is 1. The number of nitrogens with zero attached hydrogens (tertiary/aromatic N) is 2. The highest BCUT2D eigenvalue weighted by molar-refractivity contribution is 6.03. The van der Waals surface area contributed by atoms with Gasteiger partial charge in [0.05, 0.1) is 23.8 Å². The molecule has 3 atom stereocenters. The van der Waals surface area contributed by atoms with Crippen LogP contribution in [0.4, 0.5) is 10.6 Å². The number of nitrogens with one attached hydrogen (secondary N) is 1. The molecule has 27 heavy (non-hydrogen) atoms. The second-order valence-corrected chi connectivity index (χ2v) is 7.25. The molecular formula is C19H22N4O4. The average molecular weight is 370 g/mol. The highest BCUT2D eigenvalue weighted by atomic mass is 16.6. The molecule has 2 amide bonds. The Morgan fingerprint density at radius 2 is 2.22 bits per heavy atom. The number of aromatic nitrogens is 1. The molecule has 4 rings (SSSR count). The summed E-state index contributed by atoms with van der Waals surface area (Å²) in [5, 5.41) is 4.54. The molecule has 0 bridgehead atoms. The summed E-state index contributed by atoms with van der Waals surface area (Å²) >= 11 is 0. The summed E-state index contributed by atoms with van der Waals surface area (Å²) in [5.41, 5.74) is 5.88. The minimum atomic E-state index is -0.536. The number of nitrogens with two attached hydrogens (primary N) is 1. The molecule has 0 aliphatic carbocycles. The molecule has 1 aromatic heterocycles. The van der Waals surface area contributed by atoms with Crippen LogP contribution in [-0.2, 0) is 4.74 Å². The van der Waals surface area contributed by atoms with Crippen LogP contribution in [0.2, 0.25) is 0 Å². The number of amides is 2. The van der Waals surface area contributed by atoms with Crippen LogP contribution >= 0.6 is 0 Å². The van der Waals surface area contributed by atoms with E-state index >= 15 is 0 Å². The van der Waals surface area contributed by atoms with E-state index in [1.807, 2.05) is 32.9 Å². The van der Waals surface area contributed by atoms with Gasteiger partial charge in [-0.2, -0.15) is 0 Å². The molecule has 2 saturated heterocycles. The second kappa shape index (κ2) is 6.29. The van der Waals surface area contributed by atoms with Crippen molar-refractivity contribution in [1.29, 1.82) is 0 Å². The quantitative estimate of drug-likeness (QED) is 0.850. The molecule has 3 heterocycles. The number of hydrogen-bond donors (Lipinski definition) is 2. The van der Waals surface area contributed by atoms with Crippen LogP contribution in [0.3, 0.4) is 0 Å². The van der Waals surface area contributed by atoms with Gasteiger partial charge in [0.1, 0.15) is 17.7 Å². The number of alkyl carbamates (subject to hydrolysis) is 1. The first kappa shape index (κ1) is 17.4. The van der Waals surface area contributed by atoms with Gasteiger partial charge in [-0.25, -0.2) is 9.78 Å². The summed E-state index contributed by atoms with van der Waals surface area (Å²) in [7, 11) is 0. The number of hydrogen-bond acceptors (Lipinski definition) is 6. The molecule has 3 N–H and O–H groups in total. The Morgan fingerprint density at radius 1 is 1.44 bits per heavy atom. The molecular weight excluding hydrogens is 348 g/mol. The van der Waals surface area contributed by atoms with Crippen molar-refractivity contribution in [3.8, 4) is 5.75 Å². The van der Waals surface area contributed by atoms with Crippen molar-refractivity contribution in [3.05, 3.63) is 30.0 Å². The lowest BCUT2D eigenvalue weighted by atomic mass is 10.1. The van der Waals surface area contributed by atoms with Gasteiger partial charge in [-0.05, 0) is 44.4 Å². The van der Waals surface area contributed by atoms with Gasteiger partial charge >= 0.3 is 6.09 Å². The highest BCUT2D eigenvalue weighted by Gasteiger charge is 2.47. The van der Waals surface area contributed by atoms with Crippen LogP contribution in [0.25, 0.3) is 10.8 Å². The van der Waals surface area contributed by atoms with E-state index < -0.39 is 5.91 Å². The zero-order valence-corrected chi connectivity index (χ0v) is 15.4. The number of fused-ring (bicyclic) bond motifs is 2. The summed E-state index contributed by atoms with van der Waals surface area (Å²) in [6.45, 7) is 6.39. The standard InChI is InChI=1S/C19H22N4O4/c1-9(2)26-15-7-12-11(6-13(15)17(20)24)4-5-21-18(12)23-8-14-16(10(23)3)27-19(25)22-14/h4-7,9-10,14,16H,8H2,1-3H3,(H2,20,24)(H,22,25)/t10-,14-,16+/m1/s1. The van der Waals surface area contributed by atoms with E-state index in [0.29, 0.717) is 17.9 Å². The molecule has 1 aromatic carbocycles. The Kier molecular flexibility index (Phi) is 4.05. The van der Waals surface area contributed by atoms with Gasteiger partial charge in [-0.15, -0.1) is 0 Å². The molecule has 2 aliphatic heterocycles. The molecule has 2 aliphatic rings. The van der Waals surface area contributed by atoms with Crippen molar-refractivity contribution in [2.24, 2.45) is 5.73 Å². The first-order valence-electron chi connectivity index (χ1n) is 8.98. The van der Waals surface area contributed by atoms with Crippen molar-refractivity contribution in [1.82, 2.24) is 10.3 Å². The van der Waals surface area contributed by atoms with E-state index in [0.717, 1.165) is 16.6 Å². The van der Waals surface area contributed by atoms with Crippen molar-refractivity contribution in [3.63, 3.8) is 0 Å². The smallest absolute Gasteiger partial charge is 0.407 e. The van der Waals surface area contributed by atoms with Gasteiger partial charge in [0.2, 0.25) is 0 Å². The first-order chi connectivity index (χ1) is 12.8. The topological polar surface area (TPSA) is 107 Å². The van der Waals surface area contributed by atoms with Crippen LogP contribution in [0.5, 0.6) is 5.75 Å². The maximum absolute atomic E-state index is 11.9. The molecule has 142 valence electrons. The molecule has 2 fully saturated rings. The fourth-order valence-electron chi connectivity index (χ4n) is 3.85. The second-order valence-electron chi connectivity index (χ2n) is 7.25. The van der Waals surface area contributed by atoms with Crippen molar-refractivity contribution >= 4 is 28.6 Å². The molecule has 0 radical (unpaired) electrons. The Bertz CT molecular complexity index is 929. The fourth-order valence-corrected chi connectivity index (χ4v) is 3.85. The molecule has 0 spiro atoms. The first-order valence-corrected chi connectivity index (χ1v) is 8.98. The van der Waals surface area contributed by atoms with E-state index in [1.165, 1.54) is 0 Å². The van der Waals surface area contributed by atoms with Gasteiger partial charge in [-0.1, -0.05) is 0 Å². The third kappa shape index (κ3) is 2.90. The normalized spacial score (nSPS) is 24.1. The third-order valence-electron chi connectivity index (χ3n) is 5.05. The predicted molar refractivity (Wildman–Crippen MR) is 100 cm³/mol. The number of pyridine rings is 1. The number of ether oxygens (including phenoxy) is 2. The minimum absolute atomic E-state index is 0.0302. The van der Waals surface area contributed by atoms with Crippen LogP contribution < -0.4 is 20.7 Å². The number of anilines is 1. The van der Waals surface area contributed by atoms with Gasteiger partial charge < -0.3 is 25.4 Å². The van der Waals surface area contributed by atoms with E-state index in [1.54, 1.807) is 12.3 Å². The molecule has 0 unspecified atom stereocenters. The largest absolute Gasteiger partial charge is 0.490 e. The lowest BCUT2D eigenvalue weighted by molar-refractivity contribution is 0.0994. The van der Waals surface area contributed by atoms with Crippen molar-refractivity contribution in [2.45, 2.75) is 45.1 Å². The summed E-state index contributed by atoms with van der Waals surface area (Å²) in [6, 6.07) is 5.29. The molecule has 0 saturated carbocycles. The maximum Gasteiger partial charge on any atom is 0.407 e. The Hall–Kier alpha value is -3.03. The Morgan fingerprint density at radius 3 is 2.89 bits per heavy atom. The van der Waals surface area contributed by atoms with Crippen LogP contribution in [0, 0.1) is 0 Å². The van der Waals surface area contributed by atoms with Gasteiger partial charge in [0.15, 0.2) is 0 Å². The van der Waals surface area contributed by atoms with Gasteiger partial charge in [0, 0.05) is 18.1 Å². The Balaban J connectivity index is 1.80. The maximum atomic E-state index is 11.9. The van der Waals surface area contributed by atoms with E-state index in [-0.39, 0.29) is 30.4 Å². The number of primary amides is 1. The van der Waals surface area contributed by atoms with E-state index in [4.69, 9.17) is 15.2 Å². The summed E-state index contributed by atoms with van der Waals surface area (Å²) < 4.78 is 11.2. The van der Waals surface area contributed by atoms with Gasteiger partial charge in [0.25, 0.3) is 5.91 Å². The summed E-state index contributed by atoms with van der Waals surface area (Å²) in [6.07, 6.45) is 1.01. The zero-order valence-electron chi connectivity index (χ0n) is 15.4. The summed E-state index contributed by atoms with van der Waals surface area (Å²) in [4.78, 5) is 30.0.